The van der Waals surface area contributed by atoms with Crippen molar-refractivity contribution in [3.63, 3.8) is 0 Å². The van der Waals surface area contributed by atoms with Gasteiger partial charge in [-0.25, -0.2) is 4.98 Å². The van der Waals surface area contributed by atoms with Crippen molar-refractivity contribution < 1.29 is 4.79 Å². The van der Waals surface area contributed by atoms with Crippen LogP contribution in [0.25, 0.3) is 0 Å². The summed E-state index contributed by atoms with van der Waals surface area (Å²) in [5, 5.41) is 6.04. The Morgan fingerprint density at radius 2 is 2.23 bits per heavy atom. The Kier molecular flexibility index (Phi) is 4.11. The molecule has 2 aromatic rings. The van der Waals surface area contributed by atoms with E-state index in [9.17, 15) is 9.59 Å². The maximum Gasteiger partial charge on any atom is 0.251 e. The Bertz CT molecular complexity index is 715. The van der Waals surface area contributed by atoms with Gasteiger partial charge < -0.3 is 9.88 Å². The standard InChI is InChI=1S/C16H19N3O2S/c1-12-4-8-19(14(21)10-12)11-13(20)18-16(5-2-3-6-16)15-17-7-9-22-15/h4,7-10H,2-3,5-6,11H2,1H3,(H,18,20). The van der Waals surface area contributed by atoms with Gasteiger partial charge in [0.1, 0.15) is 11.6 Å². The molecule has 0 atom stereocenters. The minimum Gasteiger partial charge on any atom is -0.343 e. The van der Waals surface area contributed by atoms with E-state index in [4.69, 9.17) is 0 Å². The normalized spacial score (nSPS) is 16.6. The lowest BCUT2D eigenvalue weighted by Crippen LogP contribution is -2.45. The molecule has 1 aliphatic rings. The zero-order valence-electron chi connectivity index (χ0n) is 12.5. The number of carbonyl (C=O) groups is 1. The van der Waals surface area contributed by atoms with Crippen molar-refractivity contribution >= 4 is 17.2 Å². The van der Waals surface area contributed by atoms with Crippen LogP contribution >= 0.6 is 11.3 Å². The van der Waals surface area contributed by atoms with E-state index in [2.05, 4.69) is 10.3 Å². The van der Waals surface area contributed by atoms with Crippen LogP contribution < -0.4 is 10.9 Å². The highest BCUT2D eigenvalue weighted by molar-refractivity contribution is 7.09. The first kappa shape index (κ1) is 15.0. The molecule has 2 aromatic heterocycles. The molecule has 1 N–H and O–H groups in total. The van der Waals surface area contributed by atoms with Crippen molar-refractivity contribution in [1.29, 1.82) is 0 Å². The zero-order valence-corrected chi connectivity index (χ0v) is 13.4. The lowest BCUT2D eigenvalue weighted by Gasteiger charge is -2.28. The summed E-state index contributed by atoms with van der Waals surface area (Å²) in [5.74, 6) is -0.136. The van der Waals surface area contributed by atoms with E-state index in [-0.39, 0.29) is 23.6 Å². The number of nitrogens with zero attached hydrogens (tertiary/aromatic N) is 2. The first-order chi connectivity index (χ1) is 10.6. The summed E-state index contributed by atoms with van der Waals surface area (Å²) >= 11 is 1.58. The van der Waals surface area contributed by atoms with E-state index in [0.29, 0.717) is 0 Å². The number of rotatable bonds is 4. The third-order valence-electron chi connectivity index (χ3n) is 4.14. The third kappa shape index (κ3) is 2.97. The molecule has 1 saturated carbocycles. The van der Waals surface area contributed by atoms with Crippen molar-refractivity contribution in [2.75, 3.05) is 0 Å². The minimum absolute atomic E-state index is 0.0479. The highest BCUT2D eigenvalue weighted by atomic mass is 32.1. The topological polar surface area (TPSA) is 64.0 Å². The molecule has 2 heterocycles. The van der Waals surface area contributed by atoms with Gasteiger partial charge in [-0.05, 0) is 31.4 Å². The maximum absolute atomic E-state index is 12.4. The van der Waals surface area contributed by atoms with E-state index in [1.165, 1.54) is 4.57 Å². The number of hydrogen-bond donors (Lipinski definition) is 1. The van der Waals surface area contributed by atoms with Gasteiger partial charge in [-0.1, -0.05) is 12.8 Å². The molecular weight excluding hydrogens is 298 g/mol. The summed E-state index contributed by atoms with van der Waals surface area (Å²) in [5.41, 5.74) is 0.404. The number of pyridine rings is 1. The van der Waals surface area contributed by atoms with E-state index in [1.54, 1.807) is 29.8 Å². The summed E-state index contributed by atoms with van der Waals surface area (Å²) in [7, 11) is 0. The van der Waals surface area contributed by atoms with Gasteiger partial charge in [-0.15, -0.1) is 11.3 Å². The zero-order chi connectivity index (χ0) is 15.6. The second-order valence-electron chi connectivity index (χ2n) is 5.84. The number of thiazole rings is 1. The first-order valence-corrected chi connectivity index (χ1v) is 8.35. The van der Waals surface area contributed by atoms with Gasteiger partial charge in [0.15, 0.2) is 0 Å². The smallest absolute Gasteiger partial charge is 0.251 e. The van der Waals surface area contributed by atoms with E-state index < -0.39 is 0 Å². The second-order valence-corrected chi connectivity index (χ2v) is 6.74. The largest absolute Gasteiger partial charge is 0.343 e. The van der Waals surface area contributed by atoms with E-state index in [0.717, 1.165) is 36.3 Å². The SMILES string of the molecule is Cc1ccn(CC(=O)NC2(c3nccs3)CCCC2)c(=O)c1. The quantitative estimate of drug-likeness (QED) is 0.940. The van der Waals surface area contributed by atoms with Crippen molar-refractivity contribution in [3.8, 4) is 0 Å². The Labute approximate surface area is 133 Å². The molecule has 0 saturated heterocycles. The average Bonchev–Trinajstić information content (AvgIpc) is 3.13. The fraction of sp³-hybridized carbons (Fsp3) is 0.438. The van der Waals surface area contributed by atoms with Crippen LogP contribution in [0.3, 0.4) is 0 Å². The molecule has 0 aromatic carbocycles. The number of hydrogen-bond acceptors (Lipinski definition) is 4. The van der Waals surface area contributed by atoms with Crippen LogP contribution in [0.5, 0.6) is 0 Å². The Hall–Kier alpha value is -1.95. The van der Waals surface area contributed by atoms with Crippen molar-refractivity contribution in [3.05, 3.63) is 50.8 Å². The molecule has 5 nitrogen and oxygen atoms in total. The number of aromatic nitrogens is 2. The van der Waals surface area contributed by atoms with Gasteiger partial charge in [0.25, 0.3) is 5.56 Å². The van der Waals surface area contributed by atoms with Crippen LogP contribution in [-0.4, -0.2) is 15.5 Å². The molecule has 1 fully saturated rings. The minimum atomic E-state index is -0.348. The van der Waals surface area contributed by atoms with Crippen LogP contribution in [0.4, 0.5) is 0 Å². The number of nitrogens with one attached hydrogen (secondary N) is 1. The summed E-state index contributed by atoms with van der Waals surface area (Å²) < 4.78 is 1.44. The molecule has 3 rings (SSSR count). The van der Waals surface area contributed by atoms with Crippen LogP contribution in [0.1, 0.15) is 36.3 Å². The number of carbonyl (C=O) groups excluding carboxylic acids is 1. The van der Waals surface area contributed by atoms with Gasteiger partial charge in [-0.3, -0.25) is 9.59 Å². The number of amides is 1. The predicted octanol–water partition coefficient (Wildman–Crippen LogP) is 2.20. The van der Waals surface area contributed by atoms with Crippen molar-refractivity contribution in [2.24, 2.45) is 0 Å². The van der Waals surface area contributed by atoms with Crippen LogP contribution in [0.15, 0.2) is 34.7 Å². The van der Waals surface area contributed by atoms with Gasteiger partial charge in [0.2, 0.25) is 5.91 Å². The molecule has 116 valence electrons. The highest BCUT2D eigenvalue weighted by Gasteiger charge is 2.39. The lowest BCUT2D eigenvalue weighted by molar-refractivity contribution is -0.123. The molecule has 6 heteroatoms. The summed E-state index contributed by atoms with van der Waals surface area (Å²) in [6.45, 7) is 1.91. The van der Waals surface area contributed by atoms with Crippen molar-refractivity contribution in [2.45, 2.75) is 44.7 Å². The number of aryl methyl sites for hydroxylation is 1. The lowest BCUT2D eigenvalue weighted by atomic mass is 9.98. The Balaban J connectivity index is 1.76. The van der Waals surface area contributed by atoms with Crippen LogP contribution in [0, 0.1) is 6.92 Å². The van der Waals surface area contributed by atoms with Gasteiger partial charge in [0.05, 0.1) is 5.54 Å². The molecular formula is C16H19N3O2S. The molecule has 22 heavy (non-hydrogen) atoms. The molecule has 0 spiro atoms. The summed E-state index contributed by atoms with van der Waals surface area (Å²) in [4.78, 5) is 28.7. The summed E-state index contributed by atoms with van der Waals surface area (Å²) in [6, 6.07) is 3.38. The molecule has 0 radical (unpaired) electrons. The van der Waals surface area contributed by atoms with Crippen LogP contribution in [0.2, 0.25) is 0 Å². The van der Waals surface area contributed by atoms with Gasteiger partial charge >= 0.3 is 0 Å². The van der Waals surface area contributed by atoms with Gasteiger partial charge in [-0.2, -0.15) is 0 Å². The van der Waals surface area contributed by atoms with E-state index in [1.807, 2.05) is 18.4 Å². The predicted molar refractivity (Wildman–Crippen MR) is 85.8 cm³/mol. The second kappa shape index (κ2) is 6.04. The fourth-order valence-corrected chi connectivity index (χ4v) is 3.88. The monoisotopic (exact) mass is 317 g/mol. The summed E-state index contributed by atoms with van der Waals surface area (Å²) in [6.07, 6.45) is 7.44. The maximum atomic E-state index is 12.4. The molecule has 0 bridgehead atoms. The molecule has 0 unspecified atom stereocenters. The van der Waals surface area contributed by atoms with E-state index >= 15 is 0 Å². The first-order valence-electron chi connectivity index (χ1n) is 7.47. The molecule has 1 amide bonds. The third-order valence-corrected chi connectivity index (χ3v) is 5.12. The average molecular weight is 317 g/mol. The fourth-order valence-electron chi connectivity index (χ4n) is 3.03. The van der Waals surface area contributed by atoms with Crippen molar-refractivity contribution in [1.82, 2.24) is 14.9 Å². The Morgan fingerprint density at radius 1 is 1.45 bits per heavy atom. The van der Waals surface area contributed by atoms with Gasteiger partial charge in [0, 0.05) is 23.8 Å². The Morgan fingerprint density at radius 3 is 2.86 bits per heavy atom. The molecule has 1 aliphatic carbocycles. The highest BCUT2D eigenvalue weighted by Crippen LogP contribution is 2.39. The molecule has 0 aliphatic heterocycles. The van der Waals surface area contributed by atoms with Crippen LogP contribution in [-0.2, 0) is 16.9 Å².